The minimum atomic E-state index is -4.47. The highest BCUT2D eigenvalue weighted by Crippen LogP contribution is 2.19. The van der Waals surface area contributed by atoms with Gasteiger partial charge in [0.15, 0.2) is 0 Å². The first-order valence-corrected chi connectivity index (χ1v) is 5.59. The molecule has 8 heteroatoms. The van der Waals surface area contributed by atoms with Crippen LogP contribution in [0.25, 0.3) is 0 Å². The van der Waals surface area contributed by atoms with Gasteiger partial charge in [-0.05, 0) is 29.8 Å². The number of nitrogens with zero attached hydrogens (tertiary/aromatic N) is 2. The number of hydrogen-bond acceptors (Lipinski definition) is 3. The van der Waals surface area contributed by atoms with Crippen LogP contribution in [0.15, 0.2) is 15.5 Å². The summed E-state index contributed by atoms with van der Waals surface area (Å²) < 4.78 is 36.8. The molecule has 1 N–H and O–H groups in total. The van der Waals surface area contributed by atoms with Crippen molar-refractivity contribution in [1.29, 1.82) is 0 Å². The molecule has 1 rings (SSSR count). The largest absolute Gasteiger partial charge is 0.408 e. The van der Waals surface area contributed by atoms with Crippen LogP contribution >= 0.6 is 15.9 Å². The van der Waals surface area contributed by atoms with Crippen LogP contribution in [0, 0.1) is 0 Å². The molecule has 17 heavy (non-hydrogen) atoms. The van der Waals surface area contributed by atoms with E-state index in [2.05, 4.69) is 26.3 Å². The highest BCUT2D eigenvalue weighted by molar-refractivity contribution is 9.10. The fraction of sp³-hybridized carbons (Fsp3) is 0.556. The van der Waals surface area contributed by atoms with E-state index in [-0.39, 0.29) is 10.5 Å². The Morgan fingerprint density at radius 3 is 2.59 bits per heavy atom. The molecule has 1 aromatic rings. The SMILES string of the molecule is CC(C)Nc1cnn(CC(F)(F)F)c(=O)c1Br. The van der Waals surface area contributed by atoms with Crippen molar-refractivity contribution in [3.63, 3.8) is 0 Å². The molecule has 1 heterocycles. The maximum absolute atomic E-state index is 12.1. The van der Waals surface area contributed by atoms with Crippen molar-refractivity contribution in [1.82, 2.24) is 9.78 Å². The Morgan fingerprint density at radius 2 is 2.12 bits per heavy atom. The molecule has 0 aliphatic carbocycles. The molecule has 0 aliphatic rings. The summed E-state index contributed by atoms with van der Waals surface area (Å²) >= 11 is 2.96. The van der Waals surface area contributed by atoms with E-state index in [4.69, 9.17) is 0 Å². The van der Waals surface area contributed by atoms with Crippen molar-refractivity contribution in [2.24, 2.45) is 0 Å². The monoisotopic (exact) mass is 313 g/mol. The molecule has 0 aromatic carbocycles. The number of halogens is 4. The molecule has 0 saturated heterocycles. The molecule has 0 fully saturated rings. The van der Waals surface area contributed by atoms with Crippen molar-refractivity contribution < 1.29 is 13.2 Å². The molecule has 0 unspecified atom stereocenters. The molecule has 0 atom stereocenters. The Hall–Kier alpha value is -1.05. The van der Waals surface area contributed by atoms with Gasteiger partial charge in [-0.15, -0.1) is 0 Å². The first-order chi connectivity index (χ1) is 7.70. The molecule has 0 spiro atoms. The van der Waals surface area contributed by atoms with E-state index in [1.807, 2.05) is 13.8 Å². The zero-order chi connectivity index (χ0) is 13.2. The summed E-state index contributed by atoms with van der Waals surface area (Å²) in [6.45, 7) is 2.29. The quantitative estimate of drug-likeness (QED) is 0.932. The molecule has 0 saturated carbocycles. The molecule has 0 aliphatic heterocycles. The lowest BCUT2D eigenvalue weighted by molar-refractivity contribution is -0.143. The van der Waals surface area contributed by atoms with Crippen molar-refractivity contribution in [3.05, 3.63) is 21.0 Å². The Balaban J connectivity index is 3.07. The van der Waals surface area contributed by atoms with E-state index in [0.29, 0.717) is 10.4 Å². The molecule has 1 aromatic heterocycles. The Morgan fingerprint density at radius 1 is 1.53 bits per heavy atom. The summed E-state index contributed by atoms with van der Waals surface area (Å²) in [5, 5.41) is 6.37. The number of nitrogens with one attached hydrogen (secondary N) is 1. The second-order valence-electron chi connectivity index (χ2n) is 3.75. The van der Waals surface area contributed by atoms with Crippen LogP contribution in [0.4, 0.5) is 18.9 Å². The summed E-state index contributed by atoms with van der Waals surface area (Å²) in [5.74, 6) is 0. The average Bonchev–Trinajstić information content (AvgIpc) is 2.15. The van der Waals surface area contributed by atoms with E-state index < -0.39 is 18.3 Å². The summed E-state index contributed by atoms with van der Waals surface area (Å²) in [6, 6.07) is 0.0472. The van der Waals surface area contributed by atoms with Crippen LogP contribution in [0.3, 0.4) is 0 Å². The predicted octanol–water partition coefficient (Wildman–Crippen LogP) is 2.39. The van der Waals surface area contributed by atoms with E-state index in [0.717, 1.165) is 0 Å². The fourth-order valence-electron chi connectivity index (χ4n) is 1.16. The van der Waals surface area contributed by atoms with Gasteiger partial charge < -0.3 is 5.32 Å². The Labute approximate surface area is 104 Å². The average molecular weight is 314 g/mol. The molecule has 96 valence electrons. The second-order valence-corrected chi connectivity index (χ2v) is 4.54. The highest BCUT2D eigenvalue weighted by Gasteiger charge is 2.29. The van der Waals surface area contributed by atoms with Crippen molar-refractivity contribution in [2.75, 3.05) is 5.32 Å². The third-order valence-electron chi connectivity index (χ3n) is 1.76. The maximum Gasteiger partial charge on any atom is 0.408 e. The zero-order valence-corrected chi connectivity index (χ0v) is 10.8. The molecule has 4 nitrogen and oxygen atoms in total. The molecular formula is C9H11BrF3N3O. The lowest BCUT2D eigenvalue weighted by Gasteiger charge is -2.13. The van der Waals surface area contributed by atoms with Gasteiger partial charge in [0.2, 0.25) is 0 Å². The maximum atomic E-state index is 12.1. The molecule has 0 amide bonds. The summed E-state index contributed by atoms with van der Waals surface area (Å²) in [6.07, 6.45) is -3.28. The van der Waals surface area contributed by atoms with Crippen molar-refractivity contribution >= 4 is 21.6 Å². The second kappa shape index (κ2) is 5.07. The molecule has 0 bridgehead atoms. The van der Waals surface area contributed by atoms with Gasteiger partial charge in [-0.1, -0.05) is 0 Å². The summed E-state index contributed by atoms with van der Waals surface area (Å²) in [5.41, 5.74) is -0.434. The highest BCUT2D eigenvalue weighted by atomic mass is 79.9. The number of aromatic nitrogens is 2. The summed E-state index contributed by atoms with van der Waals surface area (Å²) in [4.78, 5) is 11.6. The number of rotatable bonds is 3. The van der Waals surface area contributed by atoms with Crippen LogP contribution < -0.4 is 10.9 Å². The van der Waals surface area contributed by atoms with Gasteiger partial charge in [0.05, 0.1) is 11.9 Å². The number of anilines is 1. The van der Waals surface area contributed by atoms with Gasteiger partial charge in [0.25, 0.3) is 5.56 Å². The summed E-state index contributed by atoms with van der Waals surface area (Å²) in [7, 11) is 0. The van der Waals surface area contributed by atoms with E-state index in [9.17, 15) is 18.0 Å². The van der Waals surface area contributed by atoms with Crippen LogP contribution in [0.1, 0.15) is 13.8 Å². The van der Waals surface area contributed by atoms with Crippen molar-refractivity contribution in [2.45, 2.75) is 32.6 Å². The van der Waals surface area contributed by atoms with Crippen molar-refractivity contribution in [3.8, 4) is 0 Å². The van der Waals surface area contributed by atoms with Gasteiger partial charge >= 0.3 is 6.18 Å². The normalized spacial score (nSPS) is 11.9. The van der Waals surface area contributed by atoms with E-state index in [1.54, 1.807) is 0 Å². The van der Waals surface area contributed by atoms with Gasteiger partial charge in [-0.3, -0.25) is 4.79 Å². The number of hydrogen-bond donors (Lipinski definition) is 1. The van der Waals surface area contributed by atoms with E-state index in [1.165, 1.54) is 6.20 Å². The Kier molecular flexibility index (Phi) is 4.18. The predicted molar refractivity (Wildman–Crippen MR) is 61.0 cm³/mol. The van der Waals surface area contributed by atoms with Crippen LogP contribution in [-0.2, 0) is 6.54 Å². The lowest BCUT2D eigenvalue weighted by Crippen LogP contribution is -2.31. The van der Waals surface area contributed by atoms with Crippen LogP contribution in [-0.4, -0.2) is 22.0 Å². The minimum absolute atomic E-state index is 0.0467. The van der Waals surface area contributed by atoms with Gasteiger partial charge in [0.1, 0.15) is 11.0 Å². The lowest BCUT2D eigenvalue weighted by atomic mass is 10.3. The first kappa shape index (κ1) is 14.0. The smallest absolute Gasteiger partial charge is 0.380 e. The van der Waals surface area contributed by atoms with Gasteiger partial charge in [0, 0.05) is 6.04 Å². The minimum Gasteiger partial charge on any atom is -0.380 e. The zero-order valence-electron chi connectivity index (χ0n) is 9.18. The fourth-order valence-corrected chi connectivity index (χ4v) is 1.58. The van der Waals surface area contributed by atoms with E-state index >= 15 is 0 Å². The molecular weight excluding hydrogens is 303 g/mol. The van der Waals surface area contributed by atoms with Crippen LogP contribution in [0.2, 0.25) is 0 Å². The first-order valence-electron chi connectivity index (χ1n) is 4.79. The topological polar surface area (TPSA) is 46.9 Å². The van der Waals surface area contributed by atoms with Gasteiger partial charge in [-0.25, -0.2) is 4.68 Å². The van der Waals surface area contributed by atoms with Crippen LogP contribution in [0.5, 0.6) is 0 Å². The third kappa shape index (κ3) is 4.03. The Bertz CT molecular complexity index is 456. The standard InChI is InChI=1S/C9H11BrF3N3O/c1-5(2)15-6-3-14-16(4-9(11,12)13)8(17)7(6)10/h3,5,15H,4H2,1-2H3. The number of alkyl halides is 3. The molecule has 0 radical (unpaired) electrons. The van der Waals surface area contributed by atoms with Gasteiger partial charge in [-0.2, -0.15) is 18.3 Å². The third-order valence-corrected chi connectivity index (χ3v) is 2.52.